The minimum Gasteiger partial charge on any atom is -0.507 e. The predicted molar refractivity (Wildman–Crippen MR) is 138 cm³/mol. The first-order valence-corrected chi connectivity index (χ1v) is 12.2. The Kier molecular flexibility index (Phi) is 5.05. The van der Waals surface area contributed by atoms with E-state index >= 15 is 0 Å². The second-order valence-corrected chi connectivity index (χ2v) is 9.85. The summed E-state index contributed by atoms with van der Waals surface area (Å²) in [6.45, 7) is 0. The van der Waals surface area contributed by atoms with Crippen LogP contribution in [0.5, 0.6) is 5.75 Å². The number of fused-ring (bicyclic) bond motifs is 3. The number of rotatable bonds is 5. The molecule has 5 nitrogen and oxygen atoms in total. The number of aromatic nitrogens is 3. The van der Waals surface area contributed by atoms with Crippen LogP contribution in [-0.4, -0.2) is 26.3 Å². The summed E-state index contributed by atoms with van der Waals surface area (Å²) in [5, 5.41) is 12.4. The fraction of sp³-hybridized carbons (Fsp3) is 0.0385. The molecule has 6 aromatic rings. The Balaban J connectivity index is 1.24. The van der Waals surface area contributed by atoms with E-state index in [1.807, 2.05) is 72.8 Å². The molecule has 0 fully saturated rings. The lowest BCUT2D eigenvalue weighted by Gasteiger charge is -2.04. The minimum absolute atomic E-state index is 0.223. The number of phenols is 1. The first kappa shape index (κ1) is 20.0. The molecule has 4 aromatic carbocycles. The molecule has 0 aliphatic heterocycles. The smallest absolute Gasteiger partial charge is 0.151 e. The SMILES string of the molecule is Oc1ccc2ccccc2c1C=Nc1ccc2nc(SCc3nc4ccccc4[nH]3)sc2c1. The van der Waals surface area contributed by atoms with E-state index in [2.05, 4.69) is 15.0 Å². The van der Waals surface area contributed by atoms with Crippen LogP contribution in [-0.2, 0) is 5.75 Å². The van der Waals surface area contributed by atoms with E-state index in [-0.39, 0.29) is 5.75 Å². The van der Waals surface area contributed by atoms with Crippen LogP contribution in [0.25, 0.3) is 32.0 Å². The number of thioether (sulfide) groups is 1. The Hall–Kier alpha value is -3.68. The number of phenolic OH excluding ortho intramolecular Hbond substituents is 1. The molecule has 160 valence electrons. The van der Waals surface area contributed by atoms with Crippen molar-refractivity contribution in [1.29, 1.82) is 0 Å². The fourth-order valence-corrected chi connectivity index (χ4v) is 5.77. The van der Waals surface area contributed by atoms with Crippen molar-refractivity contribution in [1.82, 2.24) is 15.0 Å². The normalized spacial score (nSPS) is 11.9. The molecule has 0 saturated carbocycles. The van der Waals surface area contributed by atoms with E-state index in [1.165, 1.54) is 0 Å². The lowest BCUT2D eigenvalue weighted by atomic mass is 10.0. The first-order chi connectivity index (χ1) is 16.2. The number of nitrogens with zero attached hydrogens (tertiary/aromatic N) is 3. The van der Waals surface area contributed by atoms with Crippen molar-refractivity contribution in [3.05, 3.63) is 90.3 Å². The predicted octanol–water partition coefficient (Wildman–Crippen LogP) is 7.07. The molecule has 2 aromatic heterocycles. The number of thiazole rings is 1. The van der Waals surface area contributed by atoms with Crippen LogP contribution in [0.3, 0.4) is 0 Å². The number of H-pyrrole nitrogens is 1. The average Bonchev–Trinajstić information content (AvgIpc) is 3.45. The number of aromatic amines is 1. The highest BCUT2D eigenvalue weighted by Gasteiger charge is 2.09. The molecule has 2 heterocycles. The number of hydrogen-bond acceptors (Lipinski definition) is 6. The highest BCUT2D eigenvalue weighted by atomic mass is 32.2. The Morgan fingerprint density at radius 3 is 2.76 bits per heavy atom. The maximum atomic E-state index is 10.4. The summed E-state index contributed by atoms with van der Waals surface area (Å²) in [4.78, 5) is 17.4. The largest absolute Gasteiger partial charge is 0.507 e. The molecule has 0 atom stereocenters. The lowest BCUT2D eigenvalue weighted by Crippen LogP contribution is -1.85. The van der Waals surface area contributed by atoms with E-state index < -0.39 is 0 Å². The van der Waals surface area contributed by atoms with Gasteiger partial charge in [-0.3, -0.25) is 4.99 Å². The summed E-state index contributed by atoms with van der Waals surface area (Å²) in [7, 11) is 0. The fourth-order valence-electron chi connectivity index (χ4n) is 3.80. The Morgan fingerprint density at radius 1 is 0.939 bits per heavy atom. The van der Waals surface area contributed by atoms with Gasteiger partial charge in [0, 0.05) is 11.8 Å². The summed E-state index contributed by atoms with van der Waals surface area (Å²) in [6, 6.07) is 25.6. The van der Waals surface area contributed by atoms with E-state index in [0.717, 1.165) is 59.2 Å². The van der Waals surface area contributed by atoms with Gasteiger partial charge < -0.3 is 10.1 Å². The van der Waals surface area contributed by atoms with E-state index in [9.17, 15) is 5.11 Å². The number of aromatic hydroxyl groups is 1. The van der Waals surface area contributed by atoms with E-state index in [4.69, 9.17) is 4.98 Å². The molecule has 0 aliphatic carbocycles. The zero-order valence-electron chi connectivity index (χ0n) is 17.4. The monoisotopic (exact) mass is 466 g/mol. The quantitative estimate of drug-likeness (QED) is 0.210. The highest BCUT2D eigenvalue weighted by molar-refractivity contribution is 8.00. The lowest BCUT2D eigenvalue weighted by molar-refractivity contribution is 0.475. The van der Waals surface area contributed by atoms with Gasteiger partial charge in [0.1, 0.15) is 11.6 Å². The van der Waals surface area contributed by atoms with Crippen molar-refractivity contribution in [3.8, 4) is 5.75 Å². The van der Waals surface area contributed by atoms with Crippen molar-refractivity contribution in [2.75, 3.05) is 0 Å². The maximum absolute atomic E-state index is 10.4. The highest BCUT2D eigenvalue weighted by Crippen LogP contribution is 2.34. The van der Waals surface area contributed by atoms with Crippen molar-refractivity contribution >= 4 is 67.0 Å². The molecule has 0 spiro atoms. The zero-order chi connectivity index (χ0) is 22.2. The minimum atomic E-state index is 0.223. The molecule has 0 radical (unpaired) electrons. The van der Waals surface area contributed by atoms with Gasteiger partial charge in [-0.2, -0.15) is 0 Å². The van der Waals surface area contributed by atoms with Crippen LogP contribution in [0.15, 0.2) is 88.2 Å². The number of para-hydroxylation sites is 2. The zero-order valence-corrected chi connectivity index (χ0v) is 19.0. The van der Waals surface area contributed by atoms with Crippen molar-refractivity contribution in [2.24, 2.45) is 4.99 Å². The van der Waals surface area contributed by atoms with Gasteiger partial charge in [-0.15, -0.1) is 11.3 Å². The van der Waals surface area contributed by atoms with Gasteiger partial charge in [-0.05, 0) is 47.2 Å². The van der Waals surface area contributed by atoms with Crippen LogP contribution in [0.1, 0.15) is 11.4 Å². The van der Waals surface area contributed by atoms with Crippen molar-refractivity contribution in [3.63, 3.8) is 0 Å². The Morgan fingerprint density at radius 2 is 1.82 bits per heavy atom. The van der Waals surface area contributed by atoms with Crippen LogP contribution in [0, 0.1) is 0 Å². The third kappa shape index (κ3) is 3.97. The second-order valence-electron chi connectivity index (χ2n) is 7.60. The molecule has 33 heavy (non-hydrogen) atoms. The van der Waals surface area contributed by atoms with E-state index in [1.54, 1.807) is 35.4 Å². The summed E-state index contributed by atoms with van der Waals surface area (Å²) >= 11 is 3.33. The molecule has 0 amide bonds. The van der Waals surface area contributed by atoms with Crippen LogP contribution in [0.2, 0.25) is 0 Å². The number of hydrogen-bond donors (Lipinski definition) is 2. The van der Waals surface area contributed by atoms with Crippen LogP contribution < -0.4 is 0 Å². The summed E-state index contributed by atoms with van der Waals surface area (Å²) in [6.07, 6.45) is 1.73. The van der Waals surface area contributed by atoms with Gasteiger partial charge in [-0.25, -0.2) is 9.97 Å². The van der Waals surface area contributed by atoms with Gasteiger partial charge in [-0.1, -0.05) is 54.2 Å². The second kappa shape index (κ2) is 8.35. The van der Waals surface area contributed by atoms with Crippen LogP contribution in [0.4, 0.5) is 5.69 Å². The van der Waals surface area contributed by atoms with Gasteiger partial charge in [0.15, 0.2) is 4.34 Å². The summed E-state index contributed by atoms with van der Waals surface area (Å²) in [5.74, 6) is 1.90. The molecule has 6 rings (SSSR count). The van der Waals surface area contributed by atoms with Crippen LogP contribution >= 0.6 is 23.1 Å². The molecule has 2 N–H and O–H groups in total. The van der Waals surface area contributed by atoms with Gasteiger partial charge in [0.2, 0.25) is 0 Å². The molecular formula is C26H18N4OS2. The van der Waals surface area contributed by atoms with Gasteiger partial charge in [0.25, 0.3) is 0 Å². The Labute approximate surface area is 197 Å². The summed E-state index contributed by atoms with van der Waals surface area (Å²) in [5.41, 5.74) is 4.54. The average molecular weight is 467 g/mol. The maximum Gasteiger partial charge on any atom is 0.151 e. The topological polar surface area (TPSA) is 74.2 Å². The van der Waals surface area contributed by atoms with E-state index in [0.29, 0.717) is 0 Å². The van der Waals surface area contributed by atoms with Crippen molar-refractivity contribution < 1.29 is 5.11 Å². The van der Waals surface area contributed by atoms with Crippen molar-refractivity contribution in [2.45, 2.75) is 10.1 Å². The number of aliphatic imine (C=N–C) groups is 1. The molecule has 0 aliphatic rings. The number of imidazole rings is 1. The number of nitrogens with one attached hydrogen (secondary N) is 1. The third-order valence-corrected chi connectivity index (χ3v) is 7.59. The molecule has 0 saturated heterocycles. The van der Waals surface area contributed by atoms with Gasteiger partial charge in [0.05, 0.1) is 32.7 Å². The Bertz CT molecular complexity index is 1620. The molecule has 0 unspecified atom stereocenters. The molecule has 0 bridgehead atoms. The first-order valence-electron chi connectivity index (χ1n) is 10.4. The standard InChI is InChI=1S/C26H18N4OS2/c31-23-12-9-16-5-1-2-6-18(16)19(23)14-27-17-10-11-22-24(13-17)33-26(30-22)32-15-25-28-20-7-3-4-8-21(20)29-25/h1-14,31H,15H2,(H,28,29). The molecular weight excluding hydrogens is 448 g/mol. The third-order valence-electron chi connectivity index (χ3n) is 5.41. The van der Waals surface area contributed by atoms with Gasteiger partial charge >= 0.3 is 0 Å². The number of benzene rings is 4. The molecule has 7 heteroatoms. The summed E-state index contributed by atoms with van der Waals surface area (Å²) < 4.78 is 2.08.